The predicted octanol–water partition coefficient (Wildman–Crippen LogP) is 8.21. The second kappa shape index (κ2) is 14.4. The second-order valence-electron chi connectivity index (χ2n) is 14.8. The number of carboxylic acid groups (broad SMARTS) is 1. The van der Waals surface area contributed by atoms with Gasteiger partial charge in [-0.3, -0.25) is 9.69 Å². The van der Waals surface area contributed by atoms with Gasteiger partial charge in [-0.25, -0.2) is 14.4 Å². The van der Waals surface area contributed by atoms with Crippen LogP contribution in [-0.2, 0) is 17.6 Å². The SMILES string of the molecule is CC[C@@H](Nc1nc2c(c(N[C@@H](CN3C4CCC[C@@H]3CC4)c3sc(C)nc3C)n1)C[C@H](c1cccc(F)c1)CC2)C1CCC(C(=O)O)CC1. The molecule has 7 rings (SSSR count). The fourth-order valence-corrected chi connectivity index (χ4v) is 10.3. The van der Waals surface area contributed by atoms with E-state index in [1.807, 2.05) is 12.1 Å². The Morgan fingerprint density at radius 2 is 1.79 bits per heavy atom. The average Bonchev–Trinajstić information content (AvgIpc) is 3.52. The molecule has 258 valence electrons. The highest BCUT2D eigenvalue weighted by Crippen LogP contribution is 2.41. The number of carbonyl (C=O) groups is 1. The Balaban J connectivity index is 1.22. The van der Waals surface area contributed by atoms with Crippen LogP contribution in [0.2, 0.25) is 0 Å². The zero-order valence-electron chi connectivity index (χ0n) is 28.7. The molecule has 3 fully saturated rings. The number of carboxylic acids is 1. The van der Waals surface area contributed by atoms with Crippen LogP contribution < -0.4 is 10.6 Å². The molecule has 1 saturated carbocycles. The van der Waals surface area contributed by atoms with Crippen molar-refractivity contribution in [1.82, 2.24) is 19.9 Å². The summed E-state index contributed by atoms with van der Waals surface area (Å²) in [5, 5.41) is 18.4. The minimum Gasteiger partial charge on any atom is -0.481 e. The molecule has 3 N–H and O–H groups in total. The van der Waals surface area contributed by atoms with Crippen LogP contribution in [0.1, 0.15) is 122 Å². The van der Waals surface area contributed by atoms with Crippen molar-refractivity contribution < 1.29 is 14.3 Å². The number of fused-ring (bicyclic) bond motifs is 3. The third-order valence-corrected chi connectivity index (χ3v) is 13.0. The molecule has 5 atom stereocenters. The van der Waals surface area contributed by atoms with Crippen molar-refractivity contribution in [2.45, 2.75) is 134 Å². The fourth-order valence-electron chi connectivity index (χ4n) is 9.29. The third kappa shape index (κ3) is 7.11. The number of rotatable bonds is 11. The largest absolute Gasteiger partial charge is 0.481 e. The lowest BCUT2D eigenvalue weighted by molar-refractivity contribution is -0.143. The van der Waals surface area contributed by atoms with Gasteiger partial charge in [-0.1, -0.05) is 25.5 Å². The molecule has 2 bridgehead atoms. The third-order valence-electron chi connectivity index (χ3n) is 11.8. The van der Waals surface area contributed by atoms with E-state index in [9.17, 15) is 14.3 Å². The highest BCUT2D eigenvalue weighted by molar-refractivity contribution is 7.11. The van der Waals surface area contributed by atoms with Gasteiger partial charge in [0.1, 0.15) is 11.6 Å². The number of aliphatic carboxylic acids is 1. The van der Waals surface area contributed by atoms with E-state index in [0.29, 0.717) is 23.9 Å². The Hall–Kier alpha value is -3.11. The Kier molecular flexibility index (Phi) is 10.0. The van der Waals surface area contributed by atoms with Crippen molar-refractivity contribution in [3.05, 3.63) is 62.5 Å². The van der Waals surface area contributed by atoms with Crippen LogP contribution in [0, 0.1) is 31.5 Å². The number of aromatic nitrogens is 3. The minimum atomic E-state index is -0.668. The first kappa shape index (κ1) is 33.4. The van der Waals surface area contributed by atoms with Crippen molar-refractivity contribution in [3.8, 4) is 0 Å². The molecule has 4 heterocycles. The number of anilines is 2. The standard InChI is InChI=1S/C38H51FN6O2S/c1-4-32(24-11-13-25(14-12-24)37(46)47)42-38-43-33-18-15-27(26-7-5-8-28(39)19-26)20-31(33)36(44-38)41-34(35-22(2)40-23(3)48-35)21-45-29-9-6-10-30(45)17-16-29/h5,7-8,19,24-25,27,29-30,32,34H,4,6,9-18,20-21H2,1-3H3,(H,46,47)(H2,41,42,43,44)/t24?,25?,27-,29-,30?,32-,34+/m1/s1. The number of hydrogen-bond donors (Lipinski definition) is 3. The van der Waals surface area contributed by atoms with Crippen molar-refractivity contribution in [2.75, 3.05) is 17.2 Å². The molecule has 1 unspecified atom stereocenters. The first-order valence-corrected chi connectivity index (χ1v) is 19.2. The number of nitrogens with zero attached hydrogens (tertiary/aromatic N) is 4. The first-order valence-electron chi connectivity index (χ1n) is 18.4. The summed E-state index contributed by atoms with van der Waals surface area (Å²) < 4.78 is 14.3. The van der Waals surface area contributed by atoms with Gasteiger partial charge in [0.15, 0.2) is 0 Å². The number of hydrogen-bond acceptors (Lipinski definition) is 8. The van der Waals surface area contributed by atoms with E-state index >= 15 is 0 Å². The van der Waals surface area contributed by atoms with Gasteiger partial charge < -0.3 is 15.7 Å². The Morgan fingerprint density at radius 3 is 2.46 bits per heavy atom. The minimum absolute atomic E-state index is 0.0482. The van der Waals surface area contributed by atoms with Gasteiger partial charge in [-0.05, 0) is 120 Å². The summed E-state index contributed by atoms with van der Waals surface area (Å²) in [4.78, 5) is 30.9. The second-order valence-corrected chi connectivity index (χ2v) is 16.1. The van der Waals surface area contributed by atoms with Crippen LogP contribution in [0.15, 0.2) is 24.3 Å². The molecule has 0 spiro atoms. The van der Waals surface area contributed by atoms with Crippen LogP contribution in [0.5, 0.6) is 0 Å². The molecule has 10 heteroatoms. The summed E-state index contributed by atoms with van der Waals surface area (Å²) in [6.07, 6.45) is 13.1. The van der Waals surface area contributed by atoms with E-state index in [1.54, 1.807) is 17.4 Å². The molecule has 2 aliphatic heterocycles. The molecule has 4 aliphatic rings. The molecule has 8 nitrogen and oxygen atoms in total. The van der Waals surface area contributed by atoms with Crippen LogP contribution in [0.3, 0.4) is 0 Å². The van der Waals surface area contributed by atoms with E-state index in [4.69, 9.17) is 15.0 Å². The van der Waals surface area contributed by atoms with Gasteiger partial charge in [0.25, 0.3) is 0 Å². The normalized spacial score (nSPS) is 26.9. The topological polar surface area (TPSA) is 103 Å². The smallest absolute Gasteiger partial charge is 0.306 e. The molecule has 1 aromatic carbocycles. The molecule has 3 aromatic rings. The maximum atomic E-state index is 14.3. The molecule has 2 aromatic heterocycles. The number of halogens is 1. The summed E-state index contributed by atoms with van der Waals surface area (Å²) in [6, 6.07) is 8.59. The van der Waals surface area contributed by atoms with Gasteiger partial charge >= 0.3 is 5.97 Å². The monoisotopic (exact) mass is 674 g/mol. The molecule has 2 aliphatic carbocycles. The number of piperidine rings is 1. The van der Waals surface area contributed by atoms with E-state index in [1.165, 1.54) is 43.0 Å². The summed E-state index contributed by atoms with van der Waals surface area (Å²) in [5.74, 6) is 1.04. The van der Waals surface area contributed by atoms with Crippen molar-refractivity contribution in [3.63, 3.8) is 0 Å². The van der Waals surface area contributed by atoms with E-state index in [2.05, 4.69) is 36.3 Å². The van der Waals surface area contributed by atoms with Gasteiger partial charge in [0, 0.05) is 30.2 Å². The van der Waals surface area contributed by atoms with Gasteiger partial charge in [0.2, 0.25) is 5.95 Å². The van der Waals surface area contributed by atoms with Crippen LogP contribution >= 0.6 is 11.3 Å². The van der Waals surface area contributed by atoms with Crippen LogP contribution in [0.4, 0.5) is 16.2 Å². The van der Waals surface area contributed by atoms with Crippen LogP contribution in [0.25, 0.3) is 0 Å². The molecule has 48 heavy (non-hydrogen) atoms. The lowest BCUT2D eigenvalue weighted by atomic mass is 9.78. The molecule has 2 saturated heterocycles. The average molecular weight is 675 g/mol. The number of aryl methyl sites for hydroxylation is 3. The summed E-state index contributed by atoms with van der Waals surface area (Å²) in [5.41, 5.74) is 4.33. The van der Waals surface area contributed by atoms with Crippen LogP contribution in [-0.4, -0.2) is 55.6 Å². The highest BCUT2D eigenvalue weighted by Gasteiger charge is 2.39. The quantitative estimate of drug-likeness (QED) is 0.187. The lowest BCUT2D eigenvalue weighted by Crippen LogP contribution is -2.43. The maximum absolute atomic E-state index is 14.3. The predicted molar refractivity (Wildman–Crippen MR) is 189 cm³/mol. The molecular weight excluding hydrogens is 624 g/mol. The number of benzene rings is 1. The fraction of sp³-hybridized carbons (Fsp3) is 0.632. The Labute approximate surface area is 288 Å². The molecule has 0 radical (unpaired) electrons. The highest BCUT2D eigenvalue weighted by atomic mass is 32.1. The van der Waals surface area contributed by atoms with Crippen molar-refractivity contribution in [1.29, 1.82) is 0 Å². The first-order chi connectivity index (χ1) is 23.2. The van der Waals surface area contributed by atoms with E-state index in [-0.39, 0.29) is 29.7 Å². The molecular formula is C38H51FN6O2S. The van der Waals surface area contributed by atoms with Gasteiger partial charge in [-0.15, -0.1) is 11.3 Å². The Morgan fingerprint density at radius 1 is 1.02 bits per heavy atom. The summed E-state index contributed by atoms with van der Waals surface area (Å²) >= 11 is 1.79. The zero-order chi connectivity index (χ0) is 33.4. The maximum Gasteiger partial charge on any atom is 0.306 e. The van der Waals surface area contributed by atoms with Crippen molar-refractivity contribution in [2.24, 2.45) is 11.8 Å². The van der Waals surface area contributed by atoms with Gasteiger partial charge in [0.05, 0.1) is 33.2 Å². The Bertz CT molecular complexity index is 1590. The lowest BCUT2D eigenvalue weighted by Gasteiger charge is -2.38. The van der Waals surface area contributed by atoms with E-state index < -0.39 is 5.97 Å². The summed E-state index contributed by atoms with van der Waals surface area (Å²) in [6.45, 7) is 7.35. The van der Waals surface area contributed by atoms with E-state index in [0.717, 1.165) is 91.3 Å². The molecule has 0 amide bonds. The zero-order valence-corrected chi connectivity index (χ0v) is 29.5. The number of thiazole rings is 1. The summed E-state index contributed by atoms with van der Waals surface area (Å²) in [7, 11) is 0. The van der Waals surface area contributed by atoms with Crippen molar-refractivity contribution >= 4 is 29.1 Å². The number of nitrogens with one attached hydrogen (secondary N) is 2. The van der Waals surface area contributed by atoms with Gasteiger partial charge in [-0.2, -0.15) is 4.98 Å².